The van der Waals surface area contributed by atoms with Crippen molar-refractivity contribution in [3.8, 4) is 5.75 Å². The third-order valence-corrected chi connectivity index (χ3v) is 1.57. The third-order valence-electron chi connectivity index (χ3n) is 1.49. The van der Waals surface area contributed by atoms with Gasteiger partial charge in [0, 0.05) is 11.6 Å². The van der Waals surface area contributed by atoms with Crippen LogP contribution in [-0.4, -0.2) is 12.5 Å². The zero-order valence-electron chi connectivity index (χ0n) is 8.06. The number of benzene rings is 1. The molecule has 1 aromatic rings. The summed E-state index contributed by atoms with van der Waals surface area (Å²) in [7, 11) is 0. The summed E-state index contributed by atoms with van der Waals surface area (Å²) in [5.41, 5.74) is -4.81. The van der Waals surface area contributed by atoms with E-state index in [1.54, 1.807) is 0 Å². The Morgan fingerprint density at radius 2 is 1.50 bits per heavy atom. The second-order valence-corrected chi connectivity index (χ2v) is 3.13. The molecule has 0 atom stereocenters. The smallest absolute Gasteiger partial charge is 0.445 e. The molecule has 0 fully saturated rings. The molecule has 1 rings (SSSR count). The third kappa shape index (κ3) is 5.83. The van der Waals surface area contributed by atoms with Crippen molar-refractivity contribution in [1.29, 1.82) is 0 Å². The van der Waals surface area contributed by atoms with Crippen LogP contribution in [0.5, 0.6) is 5.75 Å². The van der Waals surface area contributed by atoms with Gasteiger partial charge in [-0.2, -0.15) is 0 Å². The Hall–Kier alpha value is 0.661. The molecule has 0 amide bonds. The summed E-state index contributed by atoms with van der Waals surface area (Å²) in [6, 6.07) is 2.86. The summed E-state index contributed by atoms with van der Waals surface area (Å²) in [4.78, 5) is 0. The van der Waals surface area contributed by atoms with Crippen LogP contribution in [0.15, 0.2) is 24.3 Å². The fourth-order valence-corrected chi connectivity index (χ4v) is 0.977. The van der Waals surface area contributed by atoms with E-state index < -0.39 is 23.8 Å². The van der Waals surface area contributed by atoms with Crippen molar-refractivity contribution >= 4 is 24.0 Å². The Kier molecular flexibility index (Phi) is 6.26. The maximum Gasteiger partial charge on any atom is 1.00 e. The van der Waals surface area contributed by atoms with Crippen LogP contribution < -0.4 is 61.6 Å². The van der Waals surface area contributed by atoms with Gasteiger partial charge in [0.25, 0.3) is 0 Å². The molecule has 84 valence electrons. The van der Waals surface area contributed by atoms with E-state index >= 15 is 0 Å². The Morgan fingerprint density at radius 1 is 1.06 bits per heavy atom. The molecule has 0 aliphatic carbocycles. The van der Waals surface area contributed by atoms with Crippen molar-refractivity contribution in [2.24, 2.45) is 0 Å². The maximum atomic E-state index is 12.1. The van der Waals surface area contributed by atoms with Crippen molar-refractivity contribution in [1.82, 2.24) is 0 Å². The molecule has 0 aliphatic rings. The molecule has 0 saturated heterocycles. The monoisotopic (exact) mass is 284 g/mol. The van der Waals surface area contributed by atoms with Crippen molar-refractivity contribution in [3.63, 3.8) is 0 Å². The normalized spacial score (nSPS) is 11.9. The van der Waals surface area contributed by atoms with Crippen LogP contribution in [0.1, 0.15) is 0 Å². The minimum absolute atomic E-state index is 0. The average molecular weight is 284 g/mol. The van der Waals surface area contributed by atoms with Gasteiger partial charge in [-0.15, -0.1) is 14.2 Å². The first-order valence-electron chi connectivity index (χ1n) is 3.74. The van der Waals surface area contributed by atoms with Crippen LogP contribution in [0.2, 0.25) is 0 Å². The molecule has 0 aliphatic heterocycles. The second kappa shape index (κ2) is 6.01. The van der Waals surface area contributed by atoms with Crippen LogP contribution in [0.25, 0.3) is 0 Å². The maximum absolute atomic E-state index is 12.1. The molecule has 0 saturated carbocycles. The van der Waals surface area contributed by atoms with E-state index in [0.29, 0.717) is 12.1 Å². The number of halogens is 6. The van der Waals surface area contributed by atoms with Crippen LogP contribution in [0, 0.1) is 0 Å². The second-order valence-electron chi connectivity index (χ2n) is 2.69. The quantitative estimate of drug-likeness (QED) is 0.428. The van der Waals surface area contributed by atoms with Crippen LogP contribution in [-0.2, 0) is 0 Å². The number of hydrogen-bond acceptors (Lipinski definition) is 1. The predicted molar refractivity (Wildman–Crippen MR) is 46.6 cm³/mol. The topological polar surface area (TPSA) is 9.23 Å². The van der Waals surface area contributed by atoms with Gasteiger partial charge in [-0.05, 0) is 12.1 Å². The van der Waals surface area contributed by atoms with Crippen molar-refractivity contribution in [3.05, 3.63) is 24.3 Å². The van der Waals surface area contributed by atoms with E-state index in [2.05, 4.69) is 16.3 Å². The standard InChI is InChI=1S/C7H4BClF5O.K/c9-7(10,11)15-6-3-1-5(2-4-6)8(12,13)14;/h1-4H;/q-1;+1. The minimum atomic E-state index is -5.13. The summed E-state index contributed by atoms with van der Waals surface area (Å²) in [6.07, 6.45) is 0. The summed E-state index contributed by atoms with van der Waals surface area (Å²) in [5, 5.41) is 0. The van der Waals surface area contributed by atoms with Crippen molar-refractivity contribution in [2.75, 3.05) is 0 Å². The molecule has 0 N–H and O–H groups in total. The van der Waals surface area contributed by atoms with E-state index in [0.717, 1.165) is 12.1 Å². The summed E-state index contributed by atoms with van der Waals surface area (Å²) in [6.45, 7) is -5.13. The van der Waals surface area contributed by atoms with Gasteiger partial charge < -0.3 is 17.7 Å². The van der Waals surface area contributed by atoms with E-state index in [9.17, 15) is 21.7 Å². The number of alkyl halides is 3. The van der Waals surface area contributed by atoms with Crippen LogP contribution in [0.4, 0.5) is 21.7 Å². The van der Waals surface area contributed by atoms with Crippen molar-refractivity contribution in [2.45, 2.75) is 5.57 Å². The molecule has 0 unspecified atom stereocenters. The summed E-state index contributed by atoms with van der Waals surface area (Å²) >= 11 is 4.42. The molecule has 0 radical (unpaired) electrons. The molecular formula is C7H4BClF5KO. The van der Waals surface area contributed by atoms with E-state index in [-0.39, 0.29) is 51.4 Å². The zero-order chi connectivity index (χ0) is 11.7. The number of hydrogen-bond donors (Lipinski definition) is 0. The molecule has 0 aromatic heterocycles. The number of rotatable bonds is 3. The first-order valence-corrected chi connectivity index (χ1v) is 4.12. The van der Waals surface area contributed by atoms with E-state index in [1.807, 2.05) is 0 Å². The van der Waals surface area contributed by atoms with Gasteiger partial charge >= 0.3 is 63.9 Å². The molecular weight excluding hydrogens is 280 g/mol. The Balaban J connectivity index is 0.00000225. The van der Waals surface area contributed by atoms with Gasteiger partial charge in [0.2, 0.25) is 0 Å². The Labute approximate surface area is 136 Å². The molecule has 1 nitrogen and oxygen atoms in total. The largest absolute Gasteiger partial charge is 1.00 e. The van der Waals surface area contributed by atoms with Gasteiger partial charge in [-0.1, -0.05) is 12.1 Å². The Morgan fingerprint density at radius 3 is 1.81 bits per heavy atom. The minimum Gasteiger partial charge on any atom is -0.445 e. The molecule has 0 heterocycles. The predicted octanol–water partition coefficient (Wildman–Crippen LogP) is -0.0871. The fraction of sp³-hybridized carbons (Fsp3) is 0.143. The number of ether oxygens (including phenoxy) is 1. The van der Waals surface area contributed by atoms with Gasteiger partial charge in [0.1, 0.15) is 5.75 Å². The molecule has 1 aromatic carbocycles. The Bertz CT molecular complexity index is 336. The zero-order valence-corrected chi connectivity index (χ0v) is 11.9. The van der Waals surface area contributed by atoms with Gasteiger partial charge in [0.05, 0.1) is 0 Å². The van der Waals surface area contributed by atoms with Crippen molar-refractivity contribution < 1.29 is 77.8 Å². The summed E-state index contributed by atoms with van der Waals surface area (Å²) < 4.78 is 64.3. The van der Waals surface area contributed by atoms with E-state index in [1.165, 1.54) is 0 Å². The van der Waals surface area contributed by atoms with Gasteiger partial charge in [-0.3, -0.25) is 0 Å². The molecule has 0 bridgehead atoms. The van der Waals surface area contributed by atoms with Gasteiger partial charge in [-0.25, -0.2) is 0 Å². The SMILES string of the molecule is F[B-](F)(F)c1ccc(OC(F)(F)Cl)cc1.[K+]. The average Bonchev–Trinajstić information content (AvgIpc) is 2.00. The first-order chi connectivity index (χ1) is 6.68. The van der Waals surface area contributed by atoms with Crippen LogP contribution in [0.3, 0.4) is 0 Å². The first kappa shape index (κ1) is 16.7. The summed E-state index contributed by atoms with van der Waals surface area (Å²) in [5.74, 6) is -0.432. The van der Waals surface area contributed by atoms with Gasteiger partial charge in [0.15, 0.2) is 0 Å². The van der Waals surface area contributed by atoms with E-state index in [4.69, 9.17) is 0 Å². The molecule has 16 heavy (non-hydrogen) atoms. The van der Waals surface area contributed by atoms with Crippen LogP contribution >= 0.6 is 11.6 Å². The fourth-order valence-electron chi connectivity index (χ4n) is 0.888. The molecule has 9 heteroatoms. The molecule has 0 spiro atoms.